The molecule has 0 fully saturated rings. The average Bonchev–Trinajstić information content (AvgIpc) is 2.12. The van der Waals surface area contributed by atoms with Gasteiger partial charge in [0, 0.05) is 12.2 Å². The summed E-state index contributed by atoms with van der Waals surface area (Å²) < 4.78 is 13.6. The van der Waals surface area contributed by atoms with Crippen LogP contribution in [0.25, 0.3) is 0 Å². The lowest BCUT2D eigenvalue weighted by Gasteiger charge is -2.06. The van der Waals surface area contributed by atoms with Crippen molar-refractivity contribution in [3.05, 3.63) is 28.0 Å². The van der Waals surface area contributed by atoms with Gasteiger partial charge in [-0.2, -0.15) is 0 Å². The molecule has 72 valence electrons. The van der Waals surface area contributed by atoms with Gasteiger partial charge >= 0.3 is 0 Å². The second kappa shape index (κ2) is 4.58. The van der Waals surface area contributed by atoms with Crippen LogP contribution >= 0.6 is 15.9 Å². The number of aliphatic hydroxyl groups excluding tert-OH is 1. The van der Waals surface area contributed by atoms with Crippen molar-refractivity contribution in [2.45, 2.75) is 12.8 Å². The summed E-state index contributed by atoms with van der Waals surface area (Å²) in [4.78, 5) is 0. The summed E-state index contributed by atoms with van der Waals surface area (Å²) in [6.45, 7) is -0.00854. The van der Waals surface area contributed by atoms with Crippen LogP contribution in [0.1, 0.15) is 12.0 Å². The van der Waals surface area contributed by atoms with Gasteiger partial charge in [0.2, 0.25) is 0 Å². The summed E-state index contributed by atoms with van der Waals surface area (Å²) in [6.07, 6.45) is 0.786. The predicted molar refractivity (Wildman–Crippen MR) is 51.2 cm³/mol. The Hall–Kier alpha value is -0.610. The first kappa shape index (κ1) is 10.5. The molecule has 0 radical (unpaired) electrons. The van der Waals surface area contributed by atoms with Gasteiger partial charge in [-0.1, -0.05) is 0 Å². The van der Waals surface area contributed by atoms with E-state index < -0.39 is 5.82 Å². The summed E-state index contributed by atoms with van der Waals surface area (Å²) in [5.41, 5.74) is 0.253. The number of phenols is 1. The smallest absolute Gasteiger partial charge is 0.135 e. The Morgan fingerprint density at radius 2 is 2.08 bits per heavy atom. The predicted octanol–water partition coefficient (Wildman–Crippen LogP) is 2.22. The van der Waals surface area contributed by atoms with Crippen LogP contribution in [0.15, 0.2) is 16.6 Å². The first-order chi connectivity index (χ1) is 6.16. The number of hydrogen-bond acceptors (Lipinski definition) is 2. The Kier molecular flexibility index (Phi) is 3.69. The Morgan fingerprint density at radius 3 is 2.69 bits per heavy atom. The lowest BCUT2D eigenvalue weighted by Crippen LogP contribution is -1.94. The van der Waals surface area contributed by atoms with E-state index in [1.165, 1.54) is 12.1 Å². The standard InChI is InChI=1S/C9H10BrFO2/c10-7-3-4-8(11)6(9(7)13)2-1-5-12/h3-4,12-13H,1-2,5H2. The lowest BCUT2D eigenvalue weighted by molar-refractivity contribution is 0.287. The highest BCUT2D eigenvalue weighted by atomic mass is 79.9. The molecule has 0 aliphatic carbocycles. The Morgan fingerprint density at radius 1 is 1.38 bits per heavy atom. The number of benzene rings is 1. The molecule has 0 bridgehead atoms. The monoisotopic (exact) mass is 248 g/mol. The Bertz CT molecular complexity index is 302. The van der Waals surface area contributed by atoms with E-state index in [9.17, 15) is 9.50 Å². The molecule has 2 nitrogen and oxygen atoms in total. The highest BCUT2D eigenvalue weighted by Gasteiger charge is 2.10. The van der Waals surface area contributed by atoms with Gasteiger partial charge in [-0.25, -0.2) is 4.39 Å². The maximum atomic E-state index is 13.1. The minimum absolute atomic E-state index is 0.00854. The number of aliphatic hydroxyl groups is 1. The van der Waals surface area contributed by atoms with E-state index in [1.54, 1.807) is 0 Å². The van der Waals surface area contributed by atoms with Crippen molar-refractivity contribution in [2.75, 3.05) is 6.61 Å². The number of phenolic OH excluding ortho intramolecular Hbond substituents is 1. The van der Waals surface area contributed by atoms with Crippen LogP contribution in [0.4, 0.5) is 4.39 Å². The van der Waals surface area contributed by atoms with E-state index in [-0.39, 0.29) is 17.9 Å². The topological polar surface area (TPSA) is 40.5 Å². The molecule has 0 aliphatic heterocycles. The summed E-state index contributed by atoms with van der Waals surface area (Å²) in [5, 5.41) is 18.0. The zero-order valence-corrected chi connectivity index (χ0v) is 8.51. The molecule has 0 spiro atoms. The van der Waals surface area contributed by atoms with Crippen molar-refractivity contribution >= 4 is 15.9 Å². The maximum Gasteiger partial charge on any atom is 0.135 e. The summed E-state index contributed by atoms with van der Waals surface area (Å²) in [6, 6.07) is 2.74. The first-order valence-corrected chi connectivity index (χ1v) is 4.73. The van der Waals surface area contributed by atoms with Crippen LogP contribution in [0.2, 0.25) is 0 Å². The van der Waals surface area contributed by atoms with Gasteiger partial charge in [0.15, 0.2) is 0 Å². The van der Waals surface area contributed by atoms with Gasteiger partial charge in [-0.3, -0.25) is 0 Å². The number of rotatable bonds is 3. The van der Waals surface area contributed by atoms with E-state index in [0.29, 0.717) is 17.3 Å². The van der Waals surface area contributed by atoms with Crippen LogP contribution in [0.3, 0.4) is 0 Å². The second-order valence-corrected chi connectivity index (χ2v) is 3.54. The van der Waals surface area contributed by atoms with Gasteiger partial charge in [-0.05, 0) is 40.9 Å². The molecule has 1 rings (SSSR count). The summed E-state index contributed by atoms with van der Waals surface area (Å²) >= 11 is 3.09. The van der Waals surface area contributed by atoms with Gasteiger partial charge < -0.3 is 10.2 Å². The fraction of sp³-hybridized carbons (Fsp3) is 0.333. The van der Waals surface area contributed by atoms with Crippen LogP contribution in [0.5, 0.6) is 5.75 Å². The molecule has 0 unspecified atom stereocenters. The van der Waals surface area contributed by atoms with E-state index in [4.69, 9.17) is 5.11 Å². The lowest BCUT2D eigenvalue weighted by atomic mass is 10.1. The molecule has 0 atom stereocenters. The zero-order valence-electron chi connectivity index (χ0n) is 6.93. The average molecular weight is 249 g/mol. The van der Waals surface area contributed by atoms with E-state index in [2.05, 4.69) is 15.9 Å². The largest absolute Gasteiger partial charge is 0.506 e. The molecule has 4 heteroatoms. The Balaban J connectivity index is 2.96. The molecule has 0 saturated heterocycles. The first-order valence-electron chi connectivity index (χ1n) is 3.93. The summed E-state index contributed by atoms with van der Waals surface area (Å²) in [7, 11) is 0. The molecule has 2 N–H and O–H groups in total. The van der Waals surface area contributed by atoms with E-state index in [0.717, 1.165) is 0 Å². The highest BCUT2D eigenvalue weighted by molar-refractivity contribution is 9.10. The maximum absolute atomic E-state index is 13.1. The Labute approximate surface area is 84.1 Å². The van der Waals surface area contributed by atoms with Gasteiger partial charge in [0.1, 0.15) is 11.6 Å². The second-order valence-electron chi connectivity index (χ2n) is 2.68. The molecule has 13 heavy (non-hydrogen) atoms. The van der Waals surface area contributed by atoms with Crippen molar-refractivity contribution in [3.63, 3.8) is 0 Å². The molecular weight excluding hydrogens is 239 g/mol. The number of aromatic hydroxyl groups is 1. The summed E-state index contributed by atoms with van der Waals surface area (Å²) in [5.74, 6) is -0.511. The molecule has 0 amide bonds. The van der Waals surface area contributed by atoms with Crippen LogP contribution < -0.4 is 0 Å². The minimum Gasteiger partial charge on any atom is -0.506 e. The SMILES string of the molecule is OCCCc1c(F)ccc(Br)c1O. The third-order valence-electron chi connectivity index (χ3n) is 1.76. The van der Waals surface area contributed by atoms with Gasteiger partial charge in [0.05, 0.1) is 4.47 Å². The minimum atomic E-state index is -0.436. The van der Waals surface area contributed by atoms with E-state index >= 15 is 0 Å². The van der Waals surface area contributed by atoms with Gasteiger partial charge in [0.25, 0.3) is 0 Å². The van der Waals surface area contributed by atoms with Gasteiger partial charge in [-0.15, -0.1) is 0 Å². The molecule has 1 aromatic rings. The van der Waals surface area contributed by atoms with Crippen molar-refractivity contribution in [1.29, 1.82) is 0 Å². The third-order valence-corrected chi connectivity index (χ3v) is 2.40. The normalized spacial score (nSPS) is 10.4. The van der Waals surface area contributed by atoms with Crippen molar-refractivity contribution in [2.24, 2.45) is 0 Å². The van der Waals surface area contributed by atoms with Crippen molar-refractivity contribution in [3.8, 4) is 5.75 Å². The van der Waals surface area contributed by atoms with Crippen LogP contribution in [-0.2, 0) is 6.42 Å². The zero-order chi connectivity index (χ0) is 9.84. The molecule has 0 aromatic heterocycles. The molecule has 0 heterocycles. The molecule has 0 aliphatic rings. The quantitative estimate of drug-likeness (QED) is 0.862. The fourth-order valence-electron chi connectivity index (χ4n) is 1.08. The third kappa shape index (κ3) is 2.42. The van der Waals surface area contributed by atoms with Crippen molar-refractivity contribution < 1.29 is 14.6 Å². The number of halogens is 2. The molecular formula is C9H10BrFO2. The highest BCUT2D eigenvalue weighted by Crippen LogP contribution is 2.30. The van der Waals surface area contributed by atoms with Crippen LogP contribution in [-0.4, -0.2) is 16.8 Å². The molecule has 1 aromatic carbocycles. The van der Waals surface area contributed by atoms with Crippen LogP contribution in [0, 0.1) is 5.82 Å². The number of hydrogen-bond donors (Lipinski definition) is 2. The van der Waals surface area contributed by atoms with Crippen molar-refractivity contribution in [1.82, 2.24) is 0 Å². The molecule has 0 saturated carbocycles. The fourth-order valence-corrected chi connectivity index (χ4v) is 1.45. The van der Waals surface area contributed by atoms with E-state index in [1.807, 2.05) is 0 Å².